The highest BCUT2D eigenvalue weighted by molar-refractivity contribution is 7.92. The molecule has 0 saturated carbocycles. The Hall–Kier alpha value is -2.05. The summed E-state index contributed by atoms with van der Waals surface area (Å²) in [5.41, 5.74) is 0.907. The number of anilines is 2. The maximum Gasteiger partial charge on any atom is 0.261 e. The van der Waals surface area contributed by atoms with Gasteiger partial charge in [0.25, 0.3) is 10.0 Å². The van der Waals surface area contributed by atoms with Gasteiger partial charge < -0.3 is 5.32 Å². The predicted molar refractivity (Wildman–Crippen MR) is 96.8 cm³/mol. The van der Waals surface area contributed by atoms with Gasteiger partial charge in [0, 0.05) is 17.1 Å². The molecule has 0 bridgehead atoms. The fourth-order valence-electron chi connectivity index (χ4n) is 2.07. The van der Waals surface area contributed by atoms with Crippen LogP contribution in [0.4, 0.5) is 11.4 Å². The van der Waals surface area contributed by atoms with Crippen LogP contribution in [0.1, 0.15) is 20.3 Å². The largest absolute Gasteiger partial charge is 0.326 e. The number of carbonyl (C=O) groups is 1. The van der Waals surface area contributed by atoms with Gasteiger partial charge in [-0.2, -0.15) is 0 Å². The molecule has 0 spiro atoms. The van der Waals surface area contributed by atoms with Gasteiger partial charge in [-0.05, 0) is 48.4 Å². The summed E-state index contributed by atoms with van der Waals surface area (Å²) in [6.07, 6.45) is 0.404. The number of carbonyl (C=O) groups excluding carboxylic acids is 1. The second-order valence-electron chi connectivity index (χ2n) is 5.79. The summed E-state index contributed by atoms with van der Waals surface area (Å²) in [4.78, 5) is 11.9. The predicted octanol–water partition coefficient (Wildman–Crippen LogP) is 4.13. The lowest BCUT2D eigenvalue weighted by molar-refractivity contribution is -0.116. The first-order valence-corrected chi connectivity index (χ1v) is 9.31. The van der Waals surface area contributed by atoms with Crippen LogP contribution in [0.5, 0.6) is 0 Å². The normalized spacial score (nSPS) is 11.3. The first kappa shape index (κ1) is 18.3. The molecule has 2 aromatic carbocycles. The van der Waals surface area contributed by atoms with Gasteiger partial charge in [-0.25, -0.2) is 8.42 Å². The molecule has 0 aliphatic heterocycles. The Balaban J connectivity index is 2.14. The maximum atomic E-state index is 12.4. The Bertz CT molecular complexity index is 818. The van der Waals surface area contributed by atoms with Gasteiger partial charge in [0.05, 0.1) is 10.6 Å². The summed E-state index contributed by atoms with van der Waals surface area (Å²) in [6, 6.07) is 12.5. The van der Waals surface area contributed by atoms with Crippen molar-refractivity contribution in [1.82, 2.24) is 0 Å². The molecule has 7 heteroatoms. The Morgan fingerprint density at radius 1 is 1.08 bits per heavy atom. The molecule has 0 aliphatic rings. The summed E-state index contributed by atoms with van der Waals surface area (Å²) in [5.74, 6) is 0.138. The zero-order valence-electron chi connectivity index (χ0n) is 13.4. The first-order valence-electron chi connectivity index (χ1n) is 7.44. The van der Waals surface area contributed by atoms with E-state index < -0.39 is 10.0 Å². The van der Waals surface area contributed by atoms with Gasteiger partial charge in [-0.1, -0.05) is 31.5 Å². The van der Waals surface area contributed by atoms with E-state index in [9.17, 15) is 13.2 Å². The zero-order chi connectivity index (χ0) is 17.7. The third kappa shape index (κ3) is 5.25. The Kier molecular flexibility index (Phi) is 5.85. The lowest BCUT2D eigenvalue weighted by atomic mass is 10.1. The molecular formula is C17H19ClN2O3S. The number of amides is 1. The van der Waals surface area contributed by atoms with Gasteiger partial charge in [0.15, 0.2) is 0 Å². The van der Waals surface area contributed by atoms with Gasteiger partial charge in [0.1, 0.15) is 0 Å². The van der Waals surface area contributed by atoms with Crippen molar-refractivity contribution in [1.29, 1.82) is 0 Å². The quantitative estimate of drug-likeness (QED) is 0.807. The van der Waals surface area contributed by atoms with Crippen LogP contribution in [0.2, 0.25) is 5.02 Å². The molecule has 0 radical (unpaired) electrons. The molecule has 2 N–H and O–H groups in total. The van der Waals surface area contributed by atoms with E-state index >= 15 is 0 Å². The molecule has 2 aromatic rings. The first-order chi connectivity index (χ1) is 11.3. The lowest BCUT2D eigenvalue weighted by Gasteiger charge is -2.11. The van der Waals surface area contributed by atoms with E-state index in [2.05, 4.69) is 10.0 Å². The number of hydrogen-bond acceptors (Lipinski definition) is 3. The molecule has 2 rings (SSSR count). The van der Waals surface area contributed by atoms with Crippen LogP contribution in [0.25, 0.3) is 0 Å². The molecule has 0 aliphatic carbocycles. The van der Waals surface area contributed by atoms with Crippen molar-refractivity contribution in [3.05, 3.63) is 53.6 Å². The molecule has 128 valence electrons. The van der Waals surface area contributed by atoms with E-state index in [4.69, 9.17) is 11.6 Å². The number of nitrogens with one attached hydrogen (secondary N) is 2. The van der Waals surface area contributed by atoms with E-state index in [0.29, 0.717) is 22.8 Å². The van der Waals surface area contributed by atoms with Crippen molar-refractivity contribution in [2.45, 2.75) is 25.2 Å². The summed E-state index contributed by atoms with van der Waals surface area (Å²) in [7, 11) is -3.72. The Morgan fingerprint density at radius 2 is 1.71 bits per heavy atom. The standard InChI is InChI=1S/C17H19ClN2O3S/c1-12(2)10-17(21)19-14-4-3-5-15(11-14)20-24(22,23)16-8-6-13(18)7-9-16/h3-9,11-12,20H,10H2,1-2H3,(H,19,21). The van der Waals surface area contributed by atoms with Crippen LogP contribution >= 0.6 is 11.6 Å². The maximum absolute atomic E-state index is 12.4. The second kappa shape index (κ2) is 7.68. The topological polar surface area (TPSA) is 75.3 Å². The molecule has 5 nitrogen and oxygen atoms in total. The summed E-state index contributed by atoms with van der Waals surface area (Å²) in [5, 5.41) is 3.22. The average Bonchev–Trinajstić information content (AvgIpc) is 2.46. The highest BCUT2D eigenvalue weighted by Crippen LogP contribution is 2.21. The SMILES string of the molecule is CC(C)CC(=O)Nc1cccc(NS(=O)(=O)c2ccc(Cl)cc2)c1. The van der Waals surface area contributed by atoms with Gasteiger partial charge in [-0.3, -0.25) is 9.52 Å². The summed E-state index contributed by atoms with van der Waals surface area (Å²) in [6.45, 7) is 3.91. The molecule has 24 heavy (non-hydrogen) atoms. The molecular weight excluding hydrogens is 348 g/mol. The van der Waals surface area contributed by atoms with E-state index in [1.165, 1.54) is 24.3 Å². The fourth-order valence-corrected chi connectivity index (χ4v) is 3.25. The van der Waals surface area contributed by atoms with Crippen LogP contribution in [-0.4, -0.2) is 14.3 Å². The minimum atomic E-state index is -3.72. The third-order valence-electron chi connectivity index (χ3n) is 3.12. The van der Waals surface area contributed by atoms with E-state index in [1.54, 1.807) is 24.3 Å². The Labute approximate surface area is 147 Å². The highest BCUT2D eigenvalue weighted by atomic mass is 35.5. The van der Waals surface area contributed by atoms with Gasteiger partial charge >= 0.3 is 0 Å². The van der Waals surface area contributed by atoms with Crippen molar-refractivity contribution in [3.8, 4) is 0 Å². The van der Waals surface area contributed by atoms with Crippen LogP contribution in [-0.2, 0) is 14.8 Å². The number of rotatable bonds is 6. The molecule has 0 aromatic heterocycles. The van der Waals surface area contributed by atoms with Crippen molar-refractivity contribution >= 4 is 38.9 Å². The third-order valence-corrected chi connectivity index (χ3v) is 4.77. The Morgan fingerprint density at radius 3 is 2.33 bits per heavy atom. The van der Waals surface area contributed by atoms with Crippen LogP contribution in [0.3, 0.4) is 0 Å². The number of hydrogen-bond donors (Lipinski definition) is 2. The summed E-state index contributed by atoms with van der Waals surface area (Å²) >= 11 is 5.77. The van der Waals surface area contributed by atoms with Crippen LogP contribution in [0.15, 0.2) is 53.4 Å². The zero-order valence-corrected chi connectivity index (χ0v) is 15.0. The smallest absolute Gasteiger partial charge is 0.261 e. The van der Waals surface area contributed by atoms with Crippen molar-refractivity contribution in [2.24, 2.45) is 5.92 Å². The van der Waals surface area contributed by atoms with Crippen molar-refractivity contribution < 1.29 is 13.2 Å². The number of sulfonamides is 1. The molecule has 0 heterocycles. The lowest BCUT2D eigenvalue weighted by Crippen LogP contribution is -2.15. The molecule has 1 amide bonds. The van der Waals surface area contributed by atoms with E-state index in [-0.39, 0.29) is 16.7 Å². The molecule has 0 saturated heterocycles. The van der Waals surface area contributed by atoms with Crippen molar-refractivity contribution in [2.75, 3.05) is 10.0 Å². The van der Waals surface area contributed by atoms with E-state index in [0.717, 1.165) is 0 Å². The van der Waals surface area contributed by atoms with Crippen molar-refractivity contribution in [3.63, 3.8) is 0 Å². The highest BCUT2D eigenvalue weighted by Gasteiger charge is 2.14. The second-order valence-corrected chi connectivity index (χ2v) is 7.91. The number of halogens is 1. The monoisotopic (exact) mass is 366 g/mol. The molecule has 0 unspecified atom stereocenters. The van der Waals surface area contributed by atoms with Gasteiger partial charge in [-0.15, -0.1) is 0 Å². The molecule has 0 fully saturated rings. The van der Waals surface area contributed by atoms with Crippen LogP contribution in [0, 0.1) is 5.92 Å². The van der Waals surface area contributed by atoms with E-state index in [1.807, 2.05) is 13.8 Å². The van der Waals surface area contributed by atoms with Crippen LogP contribution < -0.4 is 10.0 Å². The number of benzene rings is 2. The fraction of sp³-hybridized carbons (Fsp3) is 0.235. The minimum absolute atomic E-state index is 0.109. The summed E-state index contributed by atoms with van der Waals surface area (Å²) < 4.78 is 27.2. The van der Waals surface area contributed by atoms with Gasteiger partial charge in [0.2, 0.25) is 5.91 Å². The minimum Gasteiger partial charge on any atom is -0.326 e. The molecule has 0 atom stereocenters. The average molecular weight is 367 g/mol.